The number of aromatic nitrogens is 3. The maximum atomic E-state index is 14.4. The number of fused-ring (bicyclic) bond motifs is 1. The van der Waals surface area contributed by atoms with Crippen LogP contribution in [0.2, 0.25) is 0 Å². The molecule has 7 heteroatoms. The second-order valence-electron chi connectivity index (χ2n) is 8.14. The normalized spacial score (nSPS) is 15.5. The van der Waals surface area contributed by atoms with E-state index in [0.29, 0.717) is 23.3 Å². The Morgan fingerprint density at radius 2 is 1.81 bits per heavy atom. The van der Waals surface area contributed by atoms with Crippen molar-refractivity contribution in [2.75, 3.05) is 6.61 Å². The molecule has 0 bridgehead atoms. The van der Waals surface area contributed by atoms with Crippen molar-refractivity contribution in [3.63, 3.8) is 0 Å². The van der Waals surface area contributed by atoms with E-state index in [1.165, 1.54) is 6.07 Å². The Morgan fingerprint density at radius 3 is 2.48 bits per heavy atom. The molecule has 0 radical (unpaired) electrons. The Morgan fingerprint density at radius 1 is 1.03 bits per heavy atom. The third kappa shape index (κ3) is 3.31. The van der Waals surface area contributed by atoms with Crippen LogP contribution in [0.15, 0.2) is 58.3 Å². The van der Waals surface area contributed by atoms with Crippen LogP contribution in [0.5, 0.6) is 0 Å². The van der Waals surface area contributed by atoms with Crippen molar-refractivity contribution in [1.29, 1.82) is 0 Å². The van der Waals surface area contributed by atoms with Crippen LogP contribution < -0.4 is 11.2 Å². The predicted octanol–water partition coefficient (Wildman–Crippen LogP) is 3.27. The first kappa shape index (κ1) is 19.5. The number of pyridine rings is 1. The fraction of sp³-hybridized carbons (Fsp3) is 0.250. The fourth-order valence-corrected chi connectivity index (χ4v) is 4.12. The first-order chi connectivity index (χ1) is 14.8. The fourth-order valence-electron chi connectivity index (χ4n) is 4.12. The molecule has 158 valence electrons. The van der Waals surface area contributed by atoms with Gasteiger partial charge in [-0.05, 0) is 47.9 Å². The van der Waals surface area contributed by atoms with Crippen LogP contribution in [0.1, 0.15) is 22.8 Å². The van der Waals surface area contributed by atoms with Crippen molar-refractivity contribution >= 4 is 11.0 Å². The summed E-state index contributed by atoms with van der Waals surface area (Å²) in [6, 6.07) is 12.7. The predicted molar refractivity (Wildman–Crippen MR) is 117 cm³/mol. The average molecular weight is 419 g/mol. The van der Waals surface area contributed by atoms with Crippen molar-refractivity contribution in [3.8, 4) is 11.1 Å². The molecular formula is C24H22FN3O3. The summed E-state index contributed by atoms with van der Waals surface area (Å²) in [7, 11) is 3.45. The standard InChI is InChI=1S/C24H22FN3O3/c1-14-8-17(12-26(2)23(14)29)16-5-7-20-21(10-16)27(3)24(30)28(20)11-15-4-6-18(19(25)9-15)22-13-31-22/h4-10,12,22H,11,13H2,1-3H3. The van der Waals surface area contributed by atoms with Gasteiger partial charge >= 0.3 is 5.69 Å². The van der Waals surface area contributed by atoms with Gasteiger partial charge in [0.05, 0.1) is 24.2 Å². The molecule has 2 aromatic carbocycles. The molecule has 0 aliphatic carbocycles. The summed E-state index contributed by atoms with van der Waals surface area (Å²) in [6.07, 6.45) is 1.65. The number of epoxide rings is 1. The van der Waals surface area contributed by atoms with Gasteiger partial charge in [-0.1, -0.05) is 18.2 Å². The topological polar surface area (TPSA) is 61.5 Å². The molecule has 1 fully saturated rings. The first-order valence-electron chi connectivity index (χ1n) is 10.1. The number of hydrogen-bond acceptors (Lipinski definition) is 3. The van der Waals surface area contributed by atoms with E-state index in [2.05, 4.69) is 0 Å². The molecule has 31 heavy (non-hydrogen) atoms. The lowest BCUT2D eigenvalue weighted by Crippen LogP contribution is -2.22. The highest BCUT2D eigenvalue weighted by Gasteiger charge is 2.27. The number of rotatable bonds is 4. The Kier molecular flexibility index (Phi) is 4.44. The molecule has 1 atom stereocenters. The molecule has 1 aliphatic heterocycles. The molecule has 2 aromatic heterocycles. The van der Waals surface area contributed by atoms with Crippen LogP contribution in [0, 0.1) is 12.7 Å². The second kappa shape index (κ2) is 7.06. The van der Waals surface area contributed by atoms with E-state index in [1.54, 1.807) is 47.0 Å². The summed E-state index contributed by atoms with van der Waals surface area (Å²) in [4.78, 5) is 24.9. The van der Waals surface area contributed by atoms with Gasteiger partial charge in [0.25, 0.3) is 5.56 Å². The highest BCUT2D eigenvalue weighted by molar-refractivity contribution is 5.82. The lowest BCUT2D eigenvalue weighted by atomic mass is 10.1. The maximum absolute atomic E-state index is 14.4. The summed E-state index contributed by atoms with van der Waals surface area (Å²) >= 11 is 0. The van der Waals surface area contributed by atoms with Crippen LogP contribution in [0.3, 0.4) is 0 Å². The van der Waals surface area contributed by atoms with Gasteiger partial charge in [-0.25, -0.2) is 9.18 Å². The van der Waals surface area contributed by atoms with Crippen molar-refractivity contribution < 1.29 is 9.13 Å². The number of hydrogen-bond donors (Lipinski definition) is 0. The summed E-state index contributed by atoms with van der Waals surface area (Å²) in [6.45, 7) is 2.62. The zero-order valence-corrected chi connectivity index (χ0v) is 17.6. The van der Waals surface area contributed by atoms with Crippen LogP contribution in [0.4, 0.5) is 4.39 Å². The van der Waals surface area contributed by atoms with E-state index in [-0.39, 0.29) is 29.7 Å². The maximum Gasteiger partial charge on any atom is 0.329 e. The molecule has 0 N–H and O–H groups in total. The second-order valence-corrected chi connectivity index (χ2v) is 8.14. The quantitative estimate of drug-likeness (QED) is 0.477. The van der Waals surface area contributed by atoms with Crippen molar-refractivity contribution in [1.82, 2.24) is 13.7 Å². The third-order valence-electron chi connectivity index (χ3n) is 5.93. The van der Waals surface area contributed by atoms with E-state index in [9.17, 15) is 14.0 Å². The van der Waals surface area contributed by atoms with Crippen LogP contribution >= 0.6 is 0 Å². The molecule has 0 amide bonds. The minimum absolute atomic E-state index is 0.0325. The van der Waals surface area contributed by atoms with Crippen LogP contribution in [0.25, 0.3) is 22.2 Å². The number of aryl methyl sites for hydroxylation is 3. The van der Waals surface area contributed by atoms with E-state index < -0.39 is 0 Å². The Balaban J connectivity index is 1.56. The lowest BCUT2D eigenvalue weighted by molar-refractivity contribution is 0.407. The van der Waals surface area contributed by atoms with Crippen LogP contribution in [-0.2, 0) is 25.4 Å². The van der Waals surface area contributed by atoms with Gasteiger partial charge in [0.1, 0.15) is 11.9 Å². The van der Waals surface area contributed by atoms with Gasteiger partial charge in [-0.2, -0.15) is 0 Å². The molecule has 6 nitrogen and oxygen atoms in total. The minimum Gasteiger partial charge on any atom is -0.368 e. The zero-order valence-electron chi connectivity index (χ0n) is 17.6. The average Bonchev–Trinajstić information content (AvgIpc) is 3.56. The molecule has 1 aliphatic rings. The van der Waals surface area contributed by atoms with Crippen molar-refractivity contribution in [2.45, 2.75) is 19.6 Å². The summed E-state index contributed by atoms with van der Waals surface area (Å²) in [5.41, 5.74) is 5.11. The Labute approximate surface area is 177 Å². The summed E-state index contributed by atoms with van der Waals surface area (Å²) in [5.74, 6) is -0.305. The van der Waals surface area contributed by atoms with Gasteiger partial charge in [0.15, 0.2) is 0 Å². The monoisotopic (exact) mass is 419 g/mol. The third-order valence-corrected chi connectivity index (χ3v) is 5.93. The van der Waals surface area contributed by atoms with E-state index in [0.717, 1.165) is 22.2 Å². The number of benzene rings is 2. The number of nitrogens with zero attached hydrogens (tertiary/aromatic N) is 3. The van der Waals surface area contributed by atoms with Gasteiger partial charge in [-0.3, -0.25) is 13.9 Å². The summed E-state index contributed by atoms with van der Waals surface area (Å²) in [5, 5.41) is 0. The molecule has 3 heterocycles. The zero-order chi connectivity index (χ0) is 21.9. The van der Waals surface area contributed by atoms with Gasteiger partial charge < -0.3 is 9.30 Å². The SMILES string of the molecule is Cc1cc(-c2ccc3c(c2)n(C)c(=O)n3Cc2ccc(C3CO3)c(F)c2)cn(C)c1=O. The van der Waals surface area contributed by atoms with E-state index in [1.807, 2.05) is 30.3 Å². The number of ether oxygens (including phenoxy) is 1. The molecule has 4 aromatic rings. The van der Waals surface area contributed by atoms with E-state index in [4.69, 9.17) is 4.74 Å². The molecule has 0 saturated carbocycles. The highest BCUT2D eigenvalue weighted by Crippen LogP contribution is 2.32. The molecule has 5 rings (SSSR count). The summed E-state index contributed by atoms with van der Waals surface area (Å²) < 4.78 is 24.4. The van der Waals surface area contributed by atoms with Gasteiger partial charge in [0.2, 0.25) is 0 Å². The Hall–Kier alpha value is -3.45. The number of imidazole rings is 1. The highest BCUT2D eigenvalue weighted by atomic mass is 19.1. The first-order valence-corrected chi connectivity index (χ1v) is 10.1. The minimum atomic E-state index is -0.305. The van der Waals surface area contributed by atoms with Crippen molar-refractivity contribution in [3.05, 3.63) is 92.0 Å². The largest absolute Gasteiger partial charge is 0.368 e. The van der Waals surface area contributed by atoms with Crippen molar-refractivity contribution in [2.24, 2.45) is 14.1 Å². The number of halogens is 1. The lowest BCUT2D eigenvalue weighted by Gasteiger charge is -2.08. The van der Waals surface area contributed by atoms with Gasteiger partial charge in [0, 0.05) is 31.4 Å². The smallest absolute Gasteiger partial charge is 0.329 e. The Bertz CT molecular complexity index is 1430. The van der Waals surface area contributed by atoms with Gasteiger partial charge in [-0.15, -0.1) is 0 Å². The molecule has 1 unspecified atom stereocenters. The molecule has 0 spiro atoms. The van der Waals surface area contributed by atoms with E-state index >= 15 is 0 Å². The molecule has 1 saturated heterocycles. The molecular weight excluding hydrogens is 397 g/mol. The van der Waals surface area contributed by atoms with Crippen LogP contribution in [-0.4, -0.2) is 20.3 Å².